The normalized spacial score (nSPS) is 10.8. The van der Waals surface area contributed by atoms with Crippen molar-refractivity contribution < 1.29 is 0 Å². The number of hydrogen-bond donors (Lipinski definition) is 2. The van der Waals surface area contributed by atoms with Gasteiger partial charge in [-0.15, -0.1) is 0 Å². The first-order valence-electron chi connectivity index (χ1n) is 11.1. The highest BCUT2D eigenvalue weighted by Crippen LogP contribution is 2.19. The van der Waals surface area contributed by atoms with Crippen LogP contribution in [0.25, 0.3) is 10.9 Å². The number of pyridine rings is 2. The molecule has 0 radical (unpaired) electrons. The molecule has 0 bridgehead atoms. The quantitative estimate of drug-likeness (QED) is 0.396. The van der Waals surface area contributed by atoms with Gasteiger partial charge in [-0.25, -0.2) is 0 Å². The average Bonchev–Trinajstić information content (AvgIpc) is 2.83. The van der Waals surface area contributed by atoms with E-state index in [2.05, 4.69) is 46.5 Å². The maximum absolute atomic E-state index is 12.9. The number of aromatic nitrogens is 2. The lowest BCUT2D eigenvalue weighted by Gasteiger charge is -2.26. The Morgan fingerprint density at radius 2 is 1.82 bits per heavy atom. The summed E-state index contributed by atoms with van der Waals surface area (Å²) >= 11 is 5.75. The predicted molar refractivity (Wildman–Crippen MR) is 138 cm³/mol. The zero-order valence-electron chi connectivity index (χ0n) is 19.0. The third kappa shape index (κ3) is 5.65. The fourth-order valence-electron chi connectivity index (χ4n) is 3.87. The van der Waals surface area contributed by atoms with Gasteiger partial charge in [0.25, 0.3) is 5.56 Å². The molecule has 6 heteroatoms. The molecule has 0 amide bonds. The van der Waals surface area contributed by atoms with Crippen molar-refractivity contribution in [1.82, 2.24) is 20.2 Å². The number of nitrogens with zero attached hydrogens (tertiary/aromatic N) is 2. The number of thiocarbonyl (C=S) groups is 1. The highest BCUT2D eigenvalue weighted by Gasteiger charge is 2.15. The fourth-order valence-corrected chi connectivity index (χ4v) is 4.11. The second-order valence-electron chi connectivity index (χ2n) is 8.28. The van der Waals surface area contributed by atoms with Crippen LogP contribution in [0.1, 0.15) is 27.8 Å². The minimum absolute atomic E-state index is 0.0838. The molecule has 0 aliphatic heterocycles. The van der Waals surface area contributed by atoms with Gasteiger partial charge in [0.1, 0.15) is 0 Å². The summed E-state index contributed by atoms with van der Waals surface area (Å²) in [5, 5.41) is 5.01. The number of hydrogen-bond acceptors (Lipinski definition) is 3. The lowest BCUT2D eigenvalue weighted by atomic mass is 10.0. The van der Waals surface area contributed by atoms with Gasteiger partial charge < -0.3 is 15.2 Å². The summed E-state index contributed by atoms with van der Waals surface area (Å²) in [5.41, 5.74) is 6.04. The number of benzene rings is 2. The second-order valence-corrected chi connectivity index (χ2v) is 8.67. The monoisotopic (exact) mass is 456 g/mol. The molecule has 0 unspecified atom stereocenters. The van der Waals surface area contributed by atoms with Gasteiger partial charge in [-0.3, -0.25) is 9.78 Å². The second kappa shape index (κ2) is 10.4. The SMILES string of the molecule is Cc1ccc2cc(CN(Cc3cccnc3)C(=S)NCCc3ccccc3)c(=O)[nH]c2c1C. The molecule has 5 nitrogen and oxygen atoms in total. The van der Waals surface area contributed by atoms with E-state index in [1.54, 1.807) is 6.20 Å². The largest absolute Gasteiger partial charge is 0.362 e. The third-order valence-electron chi connectivity index (χ3n) is 5.91. The van der Waals surface area contributed by atoms with Gasteiger partial charge in [0.2, 0.25) is 0 Å². The number of rotatable bonds is 7. The van der Waals surface area contributed by atoms with Gasteiger partial charge in [0, 0.05) is 31.0 Å². The van der Waals surface area contributed by atoms with E-state index in [1.165, 1.54) is 5.56 Å². The van der Waals surface area contributed by atoms with Crippen LogP contribution in [0.4, 0.5) is 0 Å². The van der Waals surface area contributed by atoms with E-state index in [0.29, 0.717) is 23.8 Å². The number of aryl methyl sites for hydroxylation is 2. The molecule has 2 N–H and O–H groups in total. The van der Waals surface area contributed by atoms with Crippen molar-refractivity contribution in [2.24, 2.45) is 0 Å². The van der Waals surface area contributed by atoms with Crippen molar-refractivity contribution in [2.45, 2.75) is 33.4 Å². The van der Waals surface area contributed by atoms with Gasteiger partial charge in [-0.2, -0.15) is 0 Å². The van der Waals surface area contributed by atoms with Gasteiger partial charge in [-0.1, -0.05) is 48.5 Å². The van der Waals surface area contributed by atoms with Gasteiger partial charge in [-0.05, 0) is 72.3 Å². The third-order valence-corrected chi connectivity index (χ3v) is 6.31. The van der Waals surface area contributed by atoms with E-state index in [1.807, 2.05) is 54.4 Å². The van der Waals surface area contributed by atoms with Crippen molar-refractivity contribution in [3.05, 3.63) is 111 Å². The zero-order valence-corrected chi connectivity index (χ0v) is 19.8. The molecule has 0 spiro atoms. The van der Waals surface area contributed by atoms with Crippen LogP contribution in [-0.2, 0) is 19.5 Å². The molecule has 2 aromatic carbocycles. The summed E-state index contributed by atoms with van der Waals surface area (Å²) in [6.07, 6.45) is 4.45. The molecule has 2 aromatic heterocycles. The lowest BCUT2D eigenvalue weighted by Crippen LogP contribution is -2.40. The number of fused-ring (bicyclic) bond motifs is 1. The molecule has 0 aliphatic carbocycles. The summed E-state index contributed by atoms with van der Waals surface area (Å²) in [5.74, 6) is 0. The Balaban J connectivity index is 1.55. The minimum Gasteiger partial charge on any atom is -0.362 e. The summed E-state index contributed by atoms with van der Waals surface area (Å²) in [6.45, 7) is 5.78. The smallest absolute Gasteiger partial charge is 0.253 e. The Morgan fingerprint density at radius 1 is 1.03 bits per heavy atom. The molecule has 0 saturated heterocycles. The zero-order chi connectivity index (χ0) is 23.2. The van der Waals surface area contributed by atoms with Crippen molar-refractivity contribution in [1.29, 1.82) is 0 Å². The summed E-state index contributed by atoms with van der Waals surface area (Å²) in [4.78, 5) is 22.3. The molecule has 0 saturated carbocycles. The molecular weight excluding hydrogens is 428 g/mol. The van der Waals surface area contributed by atoms with Crippen LogP contribution >= 0.6 is 12.2 Å². The first-order valence-corrected chi connectivity index (χ1v) is 11.5. The molecule has 2 heterocycles. The summed E-state index contributed by atoms with van der Waals surface area (Å²) in [7, 11) is 0. The van der Waals surface area contributed by atoms with E-state index in [0.717, 1.165) is 40.6 Å². The predicted octanol–water partition coefficient (Wildman–Crippen LogP) is 4.66. The Labute approximate surface area is 199 Å². The number of nitrogens with one attached hydrogen (secondary N) is 2. The van der Waals surface area contributed by atoms with E-state index >= 15 is 0 Å². The van der Waals surface area contributed by atoms with E-state index in [9.17, 15) is 4.79 Å². The Morgan fingerprint density at radius 3 is 2.58 bits per heavy atom. The fraction of sp³-hybridized carbons (Fsp3) is 0.222. The Kier molecular flexibility index (Phi) is 7.15. The molecule has 0 fully saturated rings. The molecule has 4 rings (SSSR count). The van der Waals surface area contributed by atoms with Gasteiger partial charge in [0.15, 0.2) is 5.11 Å². The molecule has 0 atom stereocenters. The number of H-pyrrole nitrogens is 1. The summed E-state index contributed by atoms with van der Waals surface area (Å²) in [6, 6.07) is 20.4. The highest BCUT2D eigenvalue weighted by molar-refractivity contribution is 7.80. The van der Waals surface area contributed by atoms with Crippen LogP contribution in [0.5, 0.6) is 0 Å². The maximum atomic E-state index is 12.9. The first-order chi connectivity index (χ1) is 16.0. The maximum Gasteiger partial charge on any atom is 0.253 e. The Bertz CT molecular complexity index is 1300. The molecule has 168 valence electrons. The topological polar surface area (TPSA) is 61.0 Å². The van der Waals surface area contributed by atoms with Crippen LogP contribution in [-0.4, -0.2) is 26.5 Å². The van der Waals surface area contributed by atoms with Gasteiger partial charge in [0.05, 0.1) is 12.1 Å². The number of aromatic amines is 1. The minimum atomic E-state index is -0.0838. The molecule has 33 heavy (non-hydrogen) atoms. The Hall–Kier alpha value is -3.51. The van der Waals surface area contributed by atoms with E-state index in [-0.39, 0.29) is 5.56 Å². The van der Waals surface area contributed by atoms with Crippen LogP contribution in [0.15, 0.2) is 77.9 Å². The molecule has 4 aromatic rings. The highest BCUT2D eigenvalue weighted by atomic mass is 32.1. The van der Waals surface area contributed by atoms with E-state index < -0.39 is 0 Å². The van der Waals surface area contributed by atoms with Gasteiger partial charge >= 0.3 is 0 Å². The van der Waals surface area contributed by atoms with Crippen molar-refractivity contribution in [3.8, 4) is 0 Å². The van der Waals surface area contributed by atoms with Crippen molar-refractivity contribution in [2.75, 3.05) is 6.54 Å². The summed E-state index contributed by atoms with van der Waals surface area (Å²) < 4.78 is 0. The molecular formula is C27H28N4OS. The van der Waals surface area contributed by atoms with Crippen molar-refractivity contribution in [3.63, 3.8) is 0 Å². The average molecular weight is 457 g/mol. The van der Waals surface area contributed by atoms with Crippen LogP contribution in [0.3, 0.4) is 0 Å². The standard InChI is InChI=1S/C27H28N4OS/c1-19-10-11-23-15-24(26(32)30-25(23)20(19)2)18-31(17-22-9-6-13-28-16-22)27(33)29-14-12-21-7-4-3-5-8-21/h3-11,13,15-16H,12,14,17-18H2,1-2H3,(H,29,33)(H,30,32). The van der Waals surface area contributed by atoms with Crippen LogP contribution < -0.4 is 10.9 Å². The van der Waals surface area contributed by atoms with Crippen LogP contribution in [0, 0.1) is 13.8 Å². The lowest BCUT2D eigenvalue weighted by molar-refractivity contribution is 0.397. The van der Waals surface area contributed by atoms with Crippen molar-refractivity contribution >= 4 is 28.2 Å². The van der Waals surface area contributed by atoms with Crippen LogP contribution in [0.2, 0.25) is 0 Å². The first kappa shape index (κ1) is 22.7. The molecule has 0 aliphatic rings. The van der Waals surface area contributed by atoms with E-state index in [4.69, 9.17) is 12.2 Å².